The molecule has 2 N–H and O–H groups in total. The zero-order valence-corrected chi connectivity index (χ0v) is 13.7. The van der Waals surface area contributed by atoms with Crippen molar-refractivity contribution in [2.24, 2.45) is 5.92 Å². The molecule has 1 saturated carbocycles. The van der Waals surface area contributed by atoms with E-state index in [1.54, 1.807) is 6.07 Å². The van der Waals surface area contributed by atoms with E-state index in [0.717, 1.165) is 25.7 Å². The summed E-state index contributed by atoms with van der Waals surface area (Å²) in [5.74, 6) is 0.178. The third kappa shape index (κ3) is 3.93. The maximum atomic E-state index is 12.1. The number of carbonyl (C=O) groups excluding carboxylic acids is 1. The van der Waals surface area contributed by atoms with Crippen molar-refractivity contribution >= 4 is 33.4 Å². The summed E-state index contributed by atoms with van der Waals surface area (Å²) in [6.07, 6.45) is 5.11. The number of aromatic nitrogens is 1. The number of nitrogens with one attached hydrogen (secondary N) is 1. The molecule has 1 aromatic rings. The van der Waals surface area contributed by atoms with Crippen molar-refractivity contribution in [3.05, 3.63) is 27.5 Å². The Kier molecular flexibility index (Phi) is 5.04. The monoisotopic (exact) mass is 360 g/mol. The number of halogens is 2. The van der Waals surface area contributed by atoms with Gasteiger partial charge in [0.25, 0.3) is 5.91 Å². The summed E-state index contributed by atoms with van der Waals surface area (Å²) >= 11 is 9.18. The molecule has 0 saturated heterocycles. The molecule has 2 atom stereocenters. The van der Waals surface area contributed by atoms with Gasteiger partial charge in [-0.15, -0.1) is 0 Å². The molecule has 0 radical (unpaired) electrons. The van der Waals surface area contributed by atoms with Gasteiger partial charge in [-0.2, -0.15) is 0 Å². The standard InChI is InChI=1S/C14H18BrClN2O2/c1-9-3-2-4-14(20,6-9)8-18-13(19)11-5-10(15)7-17-12(11)16/h5,7,9,20H,2-4,6,8H2,1H3,(H,18,19). The van der Waals surface area contributed by atoms with Crippen LogP contribution in [0.4, 0.5) is 0 Å². The molecule has 1 fully saturated rings. The van der Waals surface area contributed by atoms with Crippen LogP contribution in [0.25, 0.3) is 0 Å². The van der Waals surface area contributed by atoms with Crippen LogP contribution < -0.4 is 5.32 Å². The van der Waals surface area contributed by atoms with Crippen LogP contribution in [0.5, 0.6) is 0 Å². The Morgan fingerprint density at radius 2 is 2.45 bits per heavy atom. The summed E-state index contributed by atoms with van der Waals surface area (Å²) in [6, 6.07) is 1.62. The van der Waals surface area contributed by atoms with Gasteiger partial charge in [-0.3, -0.25) is 4.79 Å². The fraction of sp³-hybridized carbons (Fsp3) is 0.571. The highest BCUT2D eigenvalue weighted by atomic mass is 79.9. The number of carbonyl (C=O) groups is 1. The Hall–Kier alpha value is -0.650. The van der Waals surface area contributed by atoms with Gasteiger partial charge in [0, 0.05) is 17.2 Å². The lowest BCUT2D eigenvalue weighted by molar-refractivity contribution is -0.0109. The quantitative estimate of drug-likeness (QED) is 0.813. The van der Waals surface area contributed by atoms with Crippen molar-refractivity contribution in [1.82, 2.24) is 10.3 Å². The molecular weight excluding hydrogens is 344 g/mol. The number of rotatable bonds is 3. The molecule has 1 aromatic heterocycles. The molecule has 2 rings (SSSR count). The average Bonchev–Trinajstić information content (AvgIpc) is 2.39. The zero-order chi connectivity index (χ0) is 14.8. The second-order valence-electron chi connectivity index (χ2n) is 5.60. The molecule has 6 heteroatoms. The fourth-order valence-electron chi connectivity index (χ4n) is 2.71. The van der Waals surface area contributed by atoms with E-state index >= 15 is 0 Å². The van der Waals surface area contributed by atoms with Gasteiger partial charge >= 0.3 is 0 Å². The fourth-order valence-corrected chi connectivity index (χ4v) is 3.24. The van der Waals surface area contributed by atoms with E-state index in [0.29, 0.717) is 16.0 Å². The number of hydrogen-bond donors (Lipinski definition) is 2. The molecule has 1 aliphatic rings. The molecule has 2 unspecified atom stereocenters. The van der Waals surface area contributed by atoms with E-state index in [2.05, 4.69) is 33.2 Å². The van der Waals surface area contributed by atoms with Crippen LogP contribution in [0.3, 0.4) is 0 Å². The first-order valence-electron chi connectivity index (χ1n) is 6.71. The Labute approximate surface area is 132 Å². The van der Waals surface area contributed by atoms with Crippen LogP contribution in [-0.2, 0) is 0 Å². The Balaban J connectivity index is 1.99. The molecule has 0 spiro atoms. The number of hydrogen-bond acceptors (Lipinski definition) is 3. The largest absolute Gasteiger partial charge is 0.388 e. The summed E-state index contributed by atoms with van der Waals surface area (Å²) in [6.45, 7) is 2.38. The minimum Gasteiger partial charge on any atom is -0.388 e. The van der Waals surface area contributed by atoms with E-state index in [-0.39, 0.29) is 17.6 Å². The van der Waals surface area contributed by atoms with Gasteiger partial charge in [0.1, 0.15) is 5.15 Å². The lowest BCUT2D eigenvalue weighted by atomic mass is 9.79. The molecule has 0 aromatic carbocycles. The third-order valence-electron chi connectivity index (χ3n) is 3.70. The third-order valence-corrected chi connectivity index (χ3v) is 4.43. The first-order chi connectivity index (χ1) is 9.39. The van der Waals surface area contributed by atoms with Gasteiger partial charge in [-0.05, 0) is 40.8 Å². The zero-order valence-electron chi connectivity index (χ0n) is 11.3. The molecule has 1 heterocycles. The Morgan fingerprint density at radius 1 is 1.70 bits per heavy atom. The minimum atomic E-state index is -0.806. The second-order valence-corrected chi connectivity index (χ2v) is 6.87. The topological polar surface area (TPSA) is 62.2 Å². The van der Waals surface area contributed by atoms with Crippen molar-refractivity contribution in [3.63, 3.8) is 0 Å². The van der Waals surface area contributed by atoms with Gasteiger partial charge in [0.05, 0.1) is 11.2 Å². The van der Waals surface area contributed by atoms with Crippen molar-refractivity contribution in [2.45, 2.75) is 38.2 Å². The van der Waals surface area contributed by atoms with E-state index in [9.17, 15) is 9.90 Å². The smallest absolute Gasteiger partial charge is 0.254 e. The van der Waals surface area contributed by atoms with E-state index in [1.165, 1.54) is 6.20 Å². The number of aliphatic hydroxyl groups is 1. The maximum Gasteiger partial charge on any atom is 0.254 e. The summed E-state index contributed by atoms with van der Waals surface area (Å²) in [4.78, 5) is 16.0. The molecule has 1 amide bonds. The summed E-state index contributed by atoms with van der Waals surface area (Å²) in [5, 5.41) is 13.4. The summed E-state index contributed by atoms with van der Waals surface area (Å²) in [7, 11) is 0. The molecule has 20 heavy (non-hydrogen) atoms. The van der Waals surface area contributed by atoms with E-state index in [4.69, 9.17) is 11.6 Å². The highest BCUT2D eigenvalue weighted by Crippen LogP contribution is 2.31. The van der Waals surface area contributed by atoms with Gasteiger partial charge in [0.2, 0.25) is 0 Å². The lowest BCUT2D eigenvalue weighted by Gasteiger charge is -2.35. The number of nitrogens with zero attached hydrogens (tertiary/aromatic N) is 1. The SMILES string of the molecule is CC1CCCC(O)(CNC(=O)c2cc(Br)cnc2Cl)C1. The maximum absolute atomic E-state index is 12.1. The minimum absolute atomic E-state index is 0.162. The van der Waals surface area contributed by atoms with Gasteiger partial charge in [-0.1, -0.05) is 31.4 Å². The molecular formula is C14H18BrClN2O2. The molecule has 1 aliphatic carbocycles. The number of amides is 1. The first kappa shape index (κ1) is 15.7. The van der Waals surface area contributed by atoms with Crippen LogP contribution in [0.1, 0.15) is 43.0 Å². The van der Waals surface area contributed by atoms with Crippen LogP contribution in [-0.4, -0.2) is 28.1 Å². The highest BCUT2D eigenvalue weighted by molar-refractivity contribution is 9.10. The van der Waals surface area contributed by atoms with Gasteiger partial charge < -0.3 is 10.4 Å². The molecule has 4 nitrogen and oxygen atoms in total. The summed E-state index contributed by atoms with van der Waals surface area (Å²) in [5.41, 5.74) is -0.493. The predicted octanol–water partition coefficient (Wildman–Crippen LogP) is 3.17. The molecule has 110 valence electrons. The van der Waals surface area contributed by atoms with Gasteiger partial charge in [0.15, 0.2) is 0 Å². The highest BCUT2D eigenvalue weighted by Gasteiger charge is 2.33. The van der Waals surface area contributed by atoms with Crippen molar-refractivity contribution in [2.75, 3.05) is 6.54 Å². The second kappa shape index (κ2) is 6.41. The van der Waals surface area contributed by atoms with Crippen LogP contribution >= 0.6 is 27.5 Å². The molecule has 0 aliphatic heterocycles. The molecule has 0 bridgehead atoms. The average molecular weight is 362 g/mol. The first-order valence-corrected chi connectivity index (χ1v) is 7.88. The Morgan fingerprint density at radius 3 is 3.15 bits per heavy atom. The Bertz CT molecular complexity index is 512. The van der Waals surface area contributed by atoms with Crippen LogP contribution in [0.2, 0.25) is 5.15 Å². The van der Waals surface area contributed by atoms with Crippen molar-refractivity contribution in [1.29, 1.82) is 0 Å². The van der Waals surface area contributed by atoms with Crippen LogP contribution in [0, 0.1) is 5.92 Å². The van der Waals surface area contributed by atoms with Crippen molar-refractivity contribution < 1.29 is 9.90 Å². The lowest BCUT2D eigenvalue weighted by Crippen LogP contribution is -2.45. The number of pyridine rings is 1. The van der Waals surface area contributed by atoms with Gasteiger partial charge in [-0.25, -0.2) is 4.98 Å². The van der Waals surface area contributed by atoms with Crippen molar-refractivity contribution in [3.8, 4) is 0 Å². The van der Waals surface area contributed by atoms with E-state index in [1.807, 2.05) is 0 Å². The predicted molar refractivity (Wildman–Crippen MR) is 81.9 cm³/mol. The summed E-state index contributed by atoms with van der Waals surface area (Å²) < 4.78 is 0.692. The van der Waals surface area contributed by atoms with Crippen LogP contribution in [0.15, 0.2) is 16.7 Å². The van der Waals surface area contributed by atoms with E-state index < -0.39 is 5.60 Å². The normalized spacial score (nSPS) is 26.3.